The van der Waals surface area contributed by atoms with Crippen LogP contribution in [0.1, 0.15) is 27.2 Å². The number of hydrogen-bond acceptors (Lipinski definition) is 5. The summed E-state index contributed by atoms with van der Waals surface area (Å²) in [5.74, 6) is 1.16. The van der Waals surface area contributed by atoms with Gasteiger partial charge in [-0.15, -0.1) is 0 Å². The van der Waals surface area contributed by atoms with Crippen molar-refractivity contribution in [3.8, 4) is 11.5 Å². The van der Waals surface area contributed by atoms with Crippen LogP contribution in [-0.2, 0) is 10.1 Å². The zero-order valence-corrected chi connectivity index (χ0v) is 15.9. The van der Waals surface area contributed by atoms with Gasteiger partial charge in [0.25, 0.3) is 0 Å². The maximum Gasteiger partial charge on any atom is 0.306 e. The quantitative estimate of drug-likeness (QED) is 0.662. The Morgan fingerprint density at radius 3 is 1.79 bits per heavy atom. The van der Waals surface area contributed by atoms with E-state index in [1.54, 1.807) is 23.9 Å². The first-order chi connectivity index (χ1) is 11.2. The molecular formula is C18H22O4S2. The molecule has 2 aromatic carbocycles. The van der Waals surface area contributed by atoms with E-state index in [0.29, 0.717) is 5.75 Å². The first kappa shape index (κ1) is 18.7. The molecule has 0 aliphatic rings. The van der Waals surface area contributed by atoms with Crippen LogP contribution in [0.3, 0.4) is 0 Å². The second kappa shape index (κ2) is 7.49. The Bertz CT molecular complexity index is 764. The third kappa shape index (κ3) is 6.09. The van der Waals surface area contributed by atoms with E-state index >= 15 is 0 Å². The fraction of sp³-hybridized carbons (Fsp3) is 0.333. The summed E-state index contributed by atoms with van der Waals surface area (Å²) in [6.45, 7) is 6.23. The lowest BCUT2D eigenvalue weighted by Crippen LogP contribution is -2.26. The van der Waals surface area contributed by atoms with Crippen molar-refractivity contribution in [3.05, 3.63) is 48.5 Å². The molecule has 0 atom stereocenters. The summed E-state index contributed by atoms with van der Waals surface area (Å²) in [6.07, 6.45) is 1.96. The van der Waals surface area contributed by atoms with Crippen LogP contribution >= 0.6 is 11.8 Å². The molecule has 0 N–H and O–H groups in total. The molecule has 0 aliphatic carbocycles. The van der Waals surface area contributed by atoms with Crippen molar-refractivity contribution in [2.75, 3.05) is 6.26 Å². The Kier molecular flexibility index (Phi) is 5.83. The van der Waals surface area contributed by atoms with Crippen LogP contribution in [0.5, 0.6) is 11.5 Å². The summed E-state index contributed by atoms with van der Waals surface area (Å²) in [6, 6.07) is 14.9. The average molecular weight is 367 g/mol. The molecule has 0 fully saturated rings. The lowest BCUT2D eigenvalue weighted by molar-refractivity contribution is 0.105. The van der Waals surface area contributed by atoms with Crippen molar-refractivity contribution in [1.82, 2.24) is 0 Å². The van der Waals surface area contributed by atoms with Gasteiger partial charge in [-0.3, -0.25) is 0 Å². The number of ether oxygens (including phenoxy) is 1. The maximum absolute atomic E-state index is 11.1. The molecule has 4 nitrogen and oxygen atoms in total. The highest BCUT2D eigenvalue weighted by Gasteiger charge is 2.16. The van der Waals surface area contributed by atoms with E-state index in [-0.39, 0.29) is 5.60 Å². The highest BCUT2D eigenvalue weighted by Crippen LogP contribution is 2.31. The topological polar surface area (TPSA) is 52.6 Å². The molecule has 0 saturated heterocycles. The predicted octanol–water partition coefficient (Wildman–Crippen LogP) is 4.74. The minimum atomic E-state index is -3.49. The first-order valence-electron chi connectivity index (χ1n) is 7.63. The van der Waals surface area contributed by atoms with E-state index < -0.39 is 10.1 Å². The summed E-state index contributed by atoms with van der Waals surface area (Å²) in [7, 11) is -3.49. The second-order valence-electron chi connectivity index (χ2n) is 6.05. The Balaban J connectivity index is 2.01. The van der Waals surface area contributed by atoms with Crippen molar-refractivity contribution >= 4 is 21.9 Å². The van der Waals surface area contributed by atoms with Gasteiger partial charge < -0.3 is 8.92 Å². The lowest BCUT2D eigenvalue weighted by atomic mass is 10.1. The Labute approximate surface area is 148 Å². The molecule has 130 valence electrons. The molecule has 0 heterocycles. The van der Waals surface area contributed by atoms with Crippen molar-refractivity contribution in [3.63, 3.8) is 0 Å². The fourth-order valence-electron chi connectivity index (χ4n) is 1.84. The summed E-state index contributed by atoms with van der Waals surface area (Å²) in [5, 5.41) is 0. The van der Waals surface area contributed by atoms with E-state index in [1.807, 2.05) is 36.4 Å². The Hall–Kier alpha value is -1.66. The molecule has 0 spiro atoms. The van der Waals surface area contributed by atoms with Crippen molar-refractivity contribution in [2.24, 2.45) is 0 Å². The lowest BCUT2D eigenvalue weighted by Gasteiger charge is -2.24. The molecule has 0 saturated carbocycles. The fourth-order valence-corrected chi connectivity index (χ4v) is 3.12. The standard InChI is InChI=1S/C18H22O4S2/c1-5-18(2,3)21-14-6-10-16(11-7-14)23-17-12-8-15(9-13-17)22-24(4,19)20/h6-13H,5H2,1-4H3. The van der Waals surface area contributed by atoms with Gasteiger partial charge in [0.2, 0.25) is 0 Å². The highest BCUT2D eigenvalue weighted by molar-refractivity contribution is 7.99. The van der Waals surface area contributed by atoms with Gasteiger partial charge in [-0.05, 0) is 68.8 Å². The van der Waals surface area contributed by atoms with E-state index in [4.69, 9.17) is 8.92 Å². The van der Waals surface area contributed by atoms with E-state index in [9.17, 15) is 8.42 Å². The minimum Gasteiger partial charge on any atom is -0.488 e. The summed E-state index contributed by atoms with van der Waals surface area (Å²) in [5.41, 5.74) is -0.176. The van der Waals surface area contributed by atoms with Gasteiger partial charge in [0, 0.05) is 9.79 Å². The van der Waals surface area contributed by atoms with Gasteiger partial charge in [0.1, 0.15) is 17.1 Å². The Morgan fingerprint density at radius 1 is 0.917 bits per heavy atom. The van der Waals surface area contributed by atoms with Gasteiger partial charge in [-0.2, -0.15) is 8.42 Å². The average Bonchev–Trinajstić information content (AvgIpc) is 2.49. The molecule has 0 radical (unpaired) electrons. The monoisotopic (exact) mass is 366 g/mol. The number of hydrogen-bond donors (Lipinski definition) is 0. The van der Waals surface area contributed by atoms with Crippen molar-refractivity contribution in [1.29, 1.82) is 0 Å². The minimum absolute atomic E-state index is 0.176. The zero-order chi connectivity index (χ0) is 17.8. The molecule has 0 aromatic heterocycles. The van der Waals surface area contributed by atoms with Gasteiger partial charge in [-0.25, -0.2) is 0 Å². The molecule has 0 aliphatic heterocycles. The summed E-state index contributed by atoms with van der Waals surface area (Å²) < 4.78 is 32.9. The molecular weight excluding hydrogens is 344 g/mol. The molecule has 2 rings (SSSR count). The van der Waals surface area contributed by atoms with Crippen molar-refractivity contribution in [2.45, 2.75) is 42.6 Å². The first-order valence-corrected chi connectivity index (χ1v) is 10.3. The largest absolute Gasteiger partial charge is 0.488 e. The van der Waals surface area contributed by atoms with Crippen LogP contribution in [0.15, 0.2) is 58.3 Å². The van der Waals surface area contributed by atoms with Crippen LogP contribution in [-0.4, -0.2) is 20.3 Å². The van der Waals surface area contributed by atoms with Crippen molar-refractivity contribution < 1.29 is 17.3 Å². The highest BCUT2D eigenvalue weighted by atomic mass is 32.2. The molecule has 24 heavy (non-hydrogen) atoms. The normalized spacial score (nSPS) is 12.0. The number of rotatable bonds is 7. The van der Waals surface area contributed by atoms with Crippen LogP contribution < -0.4 is 8.92 Å². The maximum atomic E-state index is 11.1. The van der Waals surface area contributed by atoms with Gasteiger partial charge in [0.15, 0.2) is 0 Å². The smallest absolute Gasteiger partial charge is 0.306 e. The molecule has 6 heteroatoms. The van der Waals surface area contributed by atoms with Gasteiger partial charge in [0.05, 0.1) is 6.26 Å². The number of benzene rings is 2. The Morgan fingerprint density at radius 2 is 1.38 bits per heavy atom. The van der Waals surface area contributed by atoms with Crippen LogP contribution in [0.2, 0.25) is 0 Å². The SMILES string of the molecule is CCC(C)(C)Oc1ccc(Sc2ccc(OS(C)(=O)=O)cc2)cc1. The zero-order valence-electron chi connectivity index (χ0n) is 14.3. The predicted molar refractivity (Wildman–Crippen MR) is 97.5 cm³/mol. The summed E-state index contributed by atoms with van der Waals surface area (Å²) in [4.78, 5) is 2.08. The molecule has 0 amide bonds. The molecule has 0 unspecified atom stereocenters. The third-order valence-electron chi connectivity index (χ3n) is 3.38. The second-order valence-corrected chi connectivity index (χ2v) is 8.77. The molecule has 2 aromatic rings. The van der Waals surface area contributed by atoms with E-state index in [0.717, 1.165) is 28.2 Å². The van der Waals surface area contributed by atoms with Gasteiger partial charge in [-0.1, -0.05) is 18.7 Å². The van der Waals surface area contributed by atoms with Gasteiger partial charge >= 0.3 is 10.1 Å². The summed E-state index contributed by atoms with van der Waals surface area (Å²) >= 11 is 1.59. The van der Waals surface area contributed by atoms with Crippen LogP contribution in [0, 0.1) is 0 Å². The van der Waals surface area contributed by atoms with Crippen LogP contribution in [0.25, 0.3) is 0 Å². The van der Waals surface area contributed by atoms with E-state index in [2.05, 4.69) is 20.8 Å². The third-order valence-corrected chi connectivity index (χ3v) is 4.89. The molecule has 0 bridgehead atoms. The van der Waals surface area contributed by atoms with Crippen LogP contribution in [0.4, 0.5) is 0 Å². The van der Waals surface area contributed by atoms with E-state index in [1.165, 1.54) is 0 Å².